The highest BCUT2D eigenvalue weighted by atomic mass is 35.5. The van der Waals surface area contributed by atoms with Crippen LogP contribution in [0.4, 0.5) is 0 Å². The molecule has 0 saturated heterocycles. The number of ether oxygens (including phenoxy) is 1. The Morgan fingerprint density at radius 1 is 1.42 bits per heavy atom. The SMILES string of the molecule is Cc1cn(CC2C=CC=CC2(Cl)OC(C)C)c(=O)c2[nH]c(=O)oc12. The molecule has 0 radical (unpaired) electrons. The standard InChI is InChI=1S/C17H19ClN2O4/c1-10(2)24-17(18)7-5-4-6-12(17)9-20-8-11(3)14-13(15(20)21)19-16(22)23-14/h4-8,10,12H,9H2,1-3H3,(H,19,22). The largest absolute Gasteiger partial charge is 0.417 e. The quantitative estimate of drug-likeness (QED) is 0.860. The van der Waals surface area contributed by atoms with Crippen LogP contribution in [-0.2, 0) is 11.3 Å². The van der Waals surface area contributed by atoms with Crippen LogP contribution in [0.5, 0.6) is 0 Å². The summed E-state index contributed by atoms with van der Waals surface area (Å²) in [5.41, 5.74) is 0.826. The number of hydrogen-bond donors (Lipinski definition) is 1. The van der Waals surface area contributed by atoms with Crippen molar-refractivity contribution >= 4 is 22.7 Å². The fourth-order valence-corrected chi connectivity index (χ4v) is 3.30. The number of aromatic nitrogens is 2. The summed E-state index contributed by atoms with van der Waals surface area (Å²) >= 11 is 6.65. The lowest BCUT2D eigenvalue weighted by Gasteiger charge is -2.34. The van der Waals surface area contributed by atoms with Gasteiger partial charge in [-0.1, -0.05) is 29.8 Å². The first kappa shape index (κ1) is 16.8. The number of nitrogens with zero attached hydrogens (tertiary/aromatic N) is 1. The van der Waals surface area contributed by atoms with Gasteiger partial charge in [-0.15, -0.1) is 0 Å². The summed E-state index contributed by atoms with van der Waals surface area (Å²) in [6, 6.07) is 0. The summed E-state index contributed by atoms with van der Waals surface area (Å²) in [6.45, 7) is 5.92. The summed E-state index contributed by atoms with van der Waals surface area (Å²) in [6.07, 6.45) is 9.02. The third-order valence-electron chi connectivity index (χ3n) is 3.92. The van der Waals surface area contributed by atoms with Crippen LogP contribution < -0.4 is 11.3 Å². The number of aryl methyl sites for hydroxylation is 1. The Kier molecular flexibility index (Phi) is 4.27. The van der Waals surface area contributed by atoms with E-state index in [0.29, 0.717) is 12.1 Å². The van der Waals surface area contributed by atoms with Gasteiger partial charge in [0.25, 0.3) is 5.56 Å². The minimum atomic E-state index is -1.02. The number of H-pyrrole nitrogens is 1. The molecule has 0 saturated carbocycles. The van der Waals surface area contributed by atoms with E-state index < -0.39 is 10.8 Å². The molecule has 0 amide bonds. The van der Waals surface area contributed by atoms with Gasteiger partial charge in [-0.3, -0.25) is 9.78 Å². The third-order valence-corrected chi connectivity index (χ3v) is 4.42. The molecule has 2 aromatic heterocycles. The van der Waals surface area contributed by atoms with Crippen molar-refractivity contribution in [1.82, 2.24) is 9.55 Å². The zero-order valence-corrected chi connectivity index (χ0v) is 14.5. The molecule has 2 heterocycles. The molecule has 2 aromatic rings. The van der Waals surface area contributed by atoms with E-state index in [-0.39, 0.29) is 28.7 Å². The van der Waals surface area contributed by atoms with Gasteiger partial charge in [0.2, 0.25) is 0 Å². The lowest BCUT2D eigenvalue weighted by atomic mass is 9.96. The Bertz CT molecular complexity index is 934. The number of pyridine rings is 1. The van der Waals surface area contributed by atoms with Gasteiger partial charge in [0, 0.05) is 24.2 Å². The second-order valence-corrected chi connectivity index (χ2v) is 6.79. The van der Waals surface area contributed by atoms with E-state index in [1.165, 1.54) is 4.57 Å². The number of aromatic amines is 1. The molecule has 3 rings (SSSR count). The predicted octanol–water partition coefficient (Wildman–Crippen LogP) is 2.69. The molecule has 6 nitrogen and oxygen atoms in total. The molecule has 1 aliphatic carbocycles. The van der Waals surface area contributed by atoms with E-state index in [0.717, 1.165) is 0 Å². The van der Waals surface area contributed by atoms with Crippen molar-refractivity contribution in [2.45, 2.75) is 38.5 Å². The van der Waals surface area contributed by atoms with Gasteiger partial charge in [0.05, 0.1) is 6.10 Å². The zero-order valence-electron chi connectivity index (χ0n) is 13.7. The summed E-state index contributed by atoms with van der Waals surface area (Å²) in [5, 5.41) is -1.02. The molecular weight excluding hydrogens is 332 g/mol. The van der Waals surface area contributed by atoms with Gasteiger partial charge in [-0.25, -0.2) is 4.79 Å². The smallest absolute Gasteiger partial charge is 0.407 e. The molecule has 24 heavy (non-hydrogen) atoms. The van der Waals surface area contributed by atoms with Crippen LogP contribution in [0.3, 0.4) is 0 Å². The van der Waals surface area contributed by atoms with Crippen molar-refractivity contribution in [1.29, 1.82) is 0 Å². The number of hydrogen-bond acceptors (Lipinski definition) is 4. The summed E-state index contributed by atoms with van der Waals surface area (Å²) in [4.78, 5) is 26.4. The van der Waals surface area contributed by atoms with Crippen LogP contribution in [0, 0.1) is 12.8 Å². The van der Waals surface area contributed by atoms with Crippen LogP contribution in [0.1, 0.15) is 19.4 Å². The normalized spacial score (nSPS) is 23.5. The number of fused-ring (bicyclic) bond motifs is 1. The Morgan fingerprint density at radius 3 is 2.88 bits per heavy atom. The molecule has 0 aliphatic heterocycles. The van der Waals surface area contributed by atoms with E-state index in [1.54, 1.807) is 19.2 Å². The average Bonchev–Trinajstić information content (AvgIpc) is 2.88. The fourth-order valence-electron chi connectivity index (χ4n) is 2.91. The van der Waals surface area contributed by atoms with E-state index in [1.807, 2.05) is 32.1 Å². The number of oxazole rings is 1. The van der Waals surface area contributed by atoms with E-state index in [9.17, 15) is 9.59 Å². The number of allylic oxidation sites excluding steroid dienone is 2. The molecule has 128 valence electrons. The number of alkyl halides is 1. The van der Waals surface area contributed by atoms with Crippen molar-refractivity contribution in [3.8, 4) is 0 Å². The van der Waals surface area contributed by atoms with Crippen molar-refractivity contribution in [2.75, 3.05) is 0 Å². The second-order valence-electron chi connectivity index (χ2n) is 6.20. The minimum absolute atomic E-state index is 0.0627. The zero-order chi connectivity index (χ0) is 17.5. The summed E-state index contributed by atoms with van der Waals surface area (Å²) in [7, 11) is 0. The Balaban J connectivity index is 2.01. The number of halogens is 1. The molecule has 2 unspecified atom stereocenters. The second kappa shape index (κ2) is 6.11. The molecule has 2 atom stereocenters. The monoisotopic (exact) mass is 350 g/mol. The highest BCUT2D eigenvalue weighted by Crippen LogP contribution is 2.35. The predicted molar refractivity (Wildman–Crippen MR) is 92.4 cm³/mol. The topological polar surface area (TPSA) is 77.2 Å². The molecule has 0 spiro atoms. The van der Waals surface area contributed by atoms with Crippen LogP contribution >= 0.6 is 11.6 Å². The van der Waals surface area contributed by atoms with E-state index in [2.05, 4.69) is 4.98 Å². The molecule has 0 fully saturated rings. The maximum absolute atomic E-state index is 12.6. The van der Waals surface area contributed by atoms with Gasteiger partial charge >= 0.3 is 5.76 Å². The number of nitrogens with one attached hydrogen (secondary N) is 1. The Morgan fingerprint density at radius 2 is 2.17 bits per heavy atom. The van der Waals surface area contributed by atoms with Gasteiger partial charge in [-0.05, 0) is 26.8 Å². The first-order chi connectivity index (χ1) is 11.3. The highest BCUT2D eigenvalue weighted by molar-refractivity contribution is 6.24. The van der Waals surface area contributed by atoms with Gasteiger partial charge in [0.15, 0.2) is 16.2 Å². The lowest BCUT2D eigenvalue weighted by molar-refractivity contribution is -0.0209. The van der Waals surface area contributed by atoms with Crippen molar-refractivity contribution in [2.24, 2.45) is 5.92 Å². The minimum Gasteiger partial charge on any atom is -0.407 e. The van der Waals surface area contributed by atoms with Gasteiger partial charge in [0.1, 0.15) is 0 Å². The third kappa shape index (κ3) is 2.99. The van der Waals surface area contributed by atoms with Crippen molar-refractivity contribution in [3.63, 3.8) is 0 Å². The van der Waals surface area contributed by atoms with Crippen molar-refractivity contribution < 1.29 is 9.15 Å². The maximum atomic E-state index is 12.6. The first-order valence-corrected chi connectivity index (χ1v) is 8.13. The average molecular weight is 351 g/mol. The first-order valence-electron chi connectivity index (χ1n) is 7.76. The van der Waals surface area contributed by atoms with E-state index >= 15 is 0 Å². The van der Waals surface area contributed by atoms with Crippen LogP contribution in [0.2, 0.25) is 0 Å². The Labute approximate surface area is 143 Å². The number of rotatable bonds is 4. The van der Waals surface area contributed by atoms with Crippen LogP contribution in [0.25, 0.3) is 11.1 Å². The van der Waals surface area contributed by atoms with Gasteiger partial charge < -0.3 is 13.7 Å². The van der Waals surface area contributed by atoms with Crippen LogP contribution in [0.15, 0.2) is 44.5 Å². The molecular formula is C17H19ClN2O4. The van der Waals surface area contributed by atoms with Crippen LogP contribution in [-0.4, -0.2) is 20.7 Å². The highest BCUT2D eigenvalue weighted by Gasteiger charge is 2.36. The molecule has 7 heteroatoms. The molecule has 0 bridgehead atoms. The summed E-state index contributed by atoms with van der Waals surface area (Å²) in [5.74, 6) is -0.877. The van der Waals surface area contributed by atoms with Crippen molar-refractivity contribution in [3.05, 3.63) is 57.0 Å². The maximum Gasteiger partial charge on any atom is 0.417 e. The van der Waals surface area contributed by atoms with Gasteiger partial charge in [-0.2, -0.15) is 0 Å². The lowest BCUT2D eigenvalue weighted by Crippen LogP contribution is -2.39. The Hall–Kier alpha value is -2.05. The molecule has 1 aliphatic rings. The molecule has 1 N–H and O–H groups in total. The molecule has 0 aromatic carbocycles. The summed E-state index contributed by atoms with van der Waals surface area (Å²) < 4.78 is 12.4. The van der Waals surface area contributed by atoms with E-state index in [4.69, 9.17) is 20.8 Å². The fraction of sp³-hybridized carbons (Fsp3) is 0.412.